The van der Waals surface area contributed by atoms with Crippen LogP contribution in [0.15, 0.2) is 58.3 Å². The number of rotatable bonds is 3. The highest BCUT2D eigenvalue weighted by Crippen LogP contribution is 2.33. The highest BCUT2D eigenvalue weighted by Gasteiger charge is 2.23. The average molecular weight is 385 g/mol. The first kappa shape index (κ1) is 17.4. The number of aryl methyl sites for hydroxylation is 2. The zero-order valence-electron chi connectivity index (χ0n) is 16.1. The average Bonchev–Trinajstić information content (AvgIpc) is 3.32. The van der Waals surface area contributed by atoms with E-state index in [0.717, 1.165) is 39.3 Å². The van der Waals surface area contributed by atoms with Crippen molar-refractivity contribution in [2.45, 2.75) is 19.8 Å². The number of hydrogen-bond acceptors (Lipinski definition) is 4. The summed E-state index contributed by atoms with van der Waals surface area (Å²) in [5.41, 5.74) is 5.09. The number of pyridine rings is 1. The Morgan fingerprint density at radius 2 is 2.00 bits per heavy atom. The third-order valence-electron chi connectivity index (χ3n) is 5.48. The van der Waals surface area contributed by atoms with Gasteiger partial charge in [0.05, 0.1) is 28.7 Å². The maximum absolute atomic E-state index is 12.5. The Balaban J connectivity index is 1.74. The van der Waals surface area contributed by atoms with Crippen molar-refractivity contribution in [2.75, 3.05) is 0 Å². The van der Waals surface area contributed by atoms with Gasteiger partial charge in [-0.1, -0.05) is 25.1 Å². The Kier molecular flexibility index (Phi) is 3.84. The summed E-state index contributed by atoms with van der Waals surface area (Å²) in [5.74, 6) is 0. The van der Waals surface area contributed by atoms with Crippen molar-refractivity contribution in [3.05, 3.63) is 86.5 Å². The van der Waals surface area contributed by atoms with E-state index in [1.807, 2.05) is 38.2 Å². The van der Waals surface area contributed by atoms with E-state index in [0.29, 0.717) is 18.2 Å². The molecule has 4 aromatic rings. The predicted octanol–water partition coefficient (Wildman–Crippen LogP) is 2.49. The molecule has 1 N–H and O–H groups in total. The molecule has 0 saturated heterocycles. The van der Waals surface area contributed by atoms with Crippen LogP contribution in [-0.4, -0.2) is 24.5 Å². The summed E-state index contributed by atoms with van der Waals surface area (Å²) in [7, 11) is 1.87. The molecule has 1 aliphatic heterocycles. The van der Waals surface area contributed by atoms with Gasteiger partial charge in [-0.05, 0) is 30.2 Å². The van der Waals surface area contributed by atoms with Gasteiger partial charge in [0.25, 0.3) is 11.1 Å². The van der Waals surface area contributed by atoms with Crippen LogP contribution in [0.1, 0.15) is 24.0 Å². The fourth-order valence-electron chi connectivity index (χ4n) is 4.07. The lowest BCUT2D eigenvalue weighted by molar-refractivity contribution is 0.749. The Labute approximate surface area is 165 Å². The normalized spacial score (nSPS) is 13.0. The molecule has 0 fully saturated rings. The molecule has 5 rings (SSSR count). The molecular formula is C22H19N5O2. The Morgan fingerprint density at radius 3 is 2.83 bits per heavy atom. The third-order valence-corrected chi connectivity index (χ3v) is 5.48. The number of benzene rings is 1. The van der Waals surface area contributed by atoms with Crippen LogP contribution >= 0.6 is 0 Å². The second-order valence-electron chi connectivity index (χ2n) is 7.13. The second kappa shape index (κ2) is 6.41. The largest absolute Gasteiger partial charge is 0.279 e. The van der Waals surface area contributed by atoms with Crippen LogP contribution < -0.4 is 11.1 Å². The molecule has 0 saturated carbocycles. The molecule has 0 amide bonds. The molecule has 1 aliphatic rings. The quantitative estimate of drug-likeness (QED) is 0.587. The van der Waals surface area contributed by atoms with Crippen molar-refractivity contribution in [1.82, 2.24) is 24.5 Å². The summed E-state index contributed by atoms with van der Waals surface area (Å²) in [4.78, 5) is 24.7. The Hall–Kier alpha value is -3.74. The number of allylic oxidation sites excluding steroid dienone is 1. The minimum absolute atomic E-state index is 0.0547. The molecule has 1 aromatic carbocycles. The molecule has 0 spiro atoms. The van der Waals surface area contributed by atoms with Crippen molar-refractivity contribution in [2.24, 2.45) is 7.05 Å². The minimum atomic E-state index is -0.200. The van der Waals surface area contributed by atoms with Gasteiger partial charge >= 0.3 is 0 Å². The lowest BCUT2D eigenvalue weighted by Gasteiger charge is -2.12. The first-order valence-corrected chi connectivity index (χ1v) is 9.54. The van der Waals surface area contributed by atoms with Gasteiger partial charge in [0.2, 0.25) is 0 Å². The monoisotopic (exact) mass is 385 g/mol. The number of nitrogens with one attached hydrogen (secondary N) is 1. The van der Waals surface area contributed by atoms with Crippen LogP contribution in [0.5, 0.6) is 0 Å². The molecule has 7 heteroatoms. The number of H-pyrrole nitrogens is 1. The van der Waals surface area contributed by atoms with Gasteiger partial charge in [-0.15, -0.1) is 0 Å². The van der Waals surface area contributed by atoms with Crippen molar-refractivity contribution in [3.8, 4) is 11.1 Å². The van der Waals surface area contributed by atoms with E-state index >= 15 is 0 Å². The Morgan fingerprint density at radius 1 is 1.14 bits per heavy atom. The lowest BCUT2D eigenvalue weighted by Crippen LogP contribution is -2.20. The van der Waals surface area contributed by atoms with Crippen LogP contribution in [0, 0.1) is 0 Å². The number of aromatic nitrogens is 5. The molecule has 0 unspecified atom stereocenters. The third kappa shape index (κ3) is 2.58. The van der Waals surface area contributed by atoms with E-state index < -0.39 is 0 Å². The molecule has 144 valence electrons. The van der Waals surface area contributed by atoms with Crippen LogP contribution in [0.3, 0.4) is 0 Å². The molecule has 3 aromatic heterocycles. The minimum Gasteiger partial charge on any atom is -0.279 e. The van der Waals surface area contributed by atoms with E-state index in [-0.39, 0.29) is 11.1 Å². The van der Waals surface area contributed by atoms with Crippen molar-refractivity contribution < 1.29 is 0 Å². The highest BCUT2D eigenvalue weighted by molar-refractivity contribution is 5.90. The summed E-state index contributed by atoms with van der Waals surface area (Å²) in [6.07, 6.45) is 5.27. The number of aromatic amines is 1. The summed E-state index contributed by atoms with van der Waals surface area (Å²) >= 11 is 0. The van der Waals surface area contributed by atoms with Gasteiger partial charge in [0.15, 0.2) is 0 Å². The topological polar surface area (TPSA) is 85.6 Å². The van der Waals surface area contributed by atoms with E-state index in [1.165, 1.54) is 0 Å². The molecule has 4 heterocycles. The van der Waals surface area contributed by atoms with Crippen molar-refractivity contribution in [3.63, 3.8) is 0 Å². The fourth-order valence-corrected chi connectivity index (χ4v) is 4.07. The summed E-state index contributed by atoms with van der Waals surface area (Å²) in [6.45, 7) is 2.01. The van der Waals surface area contributed by atoms with Gasteiger partial charge < -0.3 is 0 Å². The number of nitrogens with zero attached hydrogens (tertiary/aromatic N) is 4. The van der Waals surface area contributed by atoms with Crippen molar-refractivity contribution >= 4 is 16.5 Å². The highest BCUT2D eigenvalue weighted by atomic mass is 16.1. The molecule has 0 atom stereocenters. The van der Waals surface area contributed by atoms with Gasteiger partial charge in [-0.3, -0.25) is 18.8 Å². The summed E-state index contributed by atoms with van der Waals surface area (Å²) < 4.78 is 3.53. The maximum Gasteiger partial charge on any atom is 0.272 e. The van der Waals surface area contributed by atoms with E-state index in [2.05, 4.69) is 21.4 Å². The molecule has 29 heavy (non-hydrogen) atoms. The lowest BCUT2D eigenvalue weighted by atomic mass is 10.00. The zero-order valence-corrected chi connectivity index (χ0v) is 16.1. The van der Waals surface area contributed by atoms with Crippen LogP contribution in [0.25, 0.3) is 27.6 Å². The fraction of sp³-hybridized carbons (Fsp3) is 0.182. The van der Waals surface area contributed by atoms with E-state index in [9.17, 15) is 9.59 Å². The smallest absolute Gasteiger partial charge is 0.272 e. The molecule has 0 aliphatic carbocycles. The van der Waals surface area contributed by atoms with Gasteiger partial charge in [-0.2, -0.15) is 10.2 Å². The van der Waals surface area contributed by atoms with Crippen LogP contribution in [-0.2, 0) is 19.9 Å². The Bertz CT molecular complexity index is 1420. The predicted molar refractivity (Wildman–Crippen MR) is 112 cm³/mol. The maximum atomic E-state index is 12.5. The number of hydrogen-bond donors (Lipinski definition) is 1. The van der Waals surface area contributed by atoms with Crippen LogP contribution in [0.2, 0.25) is 0 Å². The van der Waals surface area contributed by atoms with E-state index in [4.69, 9.17) is 0 Å². The first-order chi connectivity index (χ1) is 14.1. The molecule has 0 radical (unpaired) electrons. The van der Waals surface area contributed by atoms with E-state index in [1.54, 1.807) is 27.6 Å². The van der Waals surface area contributed by atoms with Gasteiger partial charge in [-0.25, -0.2) is 5.10 Å². The molecule has 0 bridgehead atoms. The van der Waals surface area contributed by atoms with Crippen molar-refractivity contribution in [1.29, 1.82) is 0 Å². The first-order valence-electron chi connectivity index (χ1n) is 9.54. The standard InChI is InChI=1S/C22H19N5O2/c1-3-18-16-11-13(7-9-15(16)22(29)25-24-18)17-12-23-26(2)21(17)19-10-8-14-5-4-6-20(28)27(14)19/h4-7,9-12H,3,8H2,1-2H3,(H,25,29). The van der Waals surface area contributed by atoms with Gasteiger partial charge in [0.1, 0.15) is 0 Å². The van der Waals surface area contributed by atoms with Gasteiger partial charge in [0, 0.05) is 36.2 Å². The second-order valence-corrected chi connectivity index (χ2v) is 7.13. The summed E-state index contributed by atoms with van der Waals surface area (Å²) in [5, 5.41) is 12.7. The van der Waals surface area contributed by atoms with Crippen LogP contribution in [0.4, 0.5) is 0 Å². The summed E-state index contributed by atoms with van der Waals surface area (Å²) in [6, 6.07) is 11.0. The zero-order chi connectivity index (χ0) is 20.1. The molecular weight excluding hydrogens is 366 g/mol. The molecule has 7 nitrogen and oxygen atoms in total. The SMILES string of the molecule is CCc1n[nH]c(=O)c2ccc(-c3cnn(C)c3C3=CCc4cccc(=O)n43)cc12. The number of fused-ring (bicyclic) bond motifs is 2.